The minimum Gasteiger partial charge on any atom is -0.478 e. The van der Waals surface area contributed by atoms with Crippen molar-refractivity contribution in [2.24, 2.45) is 7.05 Å². The van der Waals surface area contributed by atoms with Crippen molar-refractivity contribution < 1.29 is 14.7 Å². The highest BCUT2D eigenvalue weighted by Crippen LogP contribution is 2.07. The predicted octanol–water partition coefficient (Wildman–Crippen LogP) is 1.29. The number of carbonyl (C=O) groups is 2. The van der Waals surface area contributed by atoms with Crippen molar-refractivity contribution in [3.05, 3.63) is 52.8 Å². The average Bonchev–Trinajstić information content (AvgIpc) is 2.77. The monoisotopic (exact) mass is 287 g/mol. The van der Waals surface area contributed by atoms with E-state index in [0.29, 0.717) is 12.1 Å². The van der Waals surface area contributed by atoms with Crippen molar-refractivity contribution in [3.8, 4) is 0 Å². The number of rotatable bonds is 5. The number of benzene rings is 1. The number of aryl methyl sites for hydroxylation is 1. The van der Waals surface area contributed by atoms with Crippen LogP contribution in [0, 0.1) is 6.92 Å². The molecule has 2 aromatic rings. The lowest BCUT2D eigenvalue weighted by Crippen LogP contribution is -2.24. The topological polar surface area (TPSA) is 84.2 Å². The van der Waals surface area contributed by atoms with Gasteiger partial charge in [-0.2, -0.15) is 5.10 Å². The van der Waals surface area contributed by atoms with Gasteiger partial charge in [0, 0.05) is 24.8 Å². The molecule has 6 nitrogen and oxygen atoms in total. The van der Waals surface area contributed by atoms with Crippen LogP contribution in [0.4, 0.5) is 0 Å². The number of aromatic nitrogens is 2. The standard InChI is InChI=1S/C15H17N3O3/c1-10-13(9-17-18(10)2)8-16-14(19)7-11-4-3-5-12(6-11)15(20)21/h3-6,9H,7-8H2,1-2H3,(H,16,19)(H,20,21). The van der Waals surface area contributed by atoms with Crippen LogP contribution in [0.3, 0.4) is 0 Å². The molecule has 0 saturated heterocycles. The van der Waals surface area contributed by atoms with E-state index in [4.69, 9.17) is 5.11 Å². The van der Waals surface area contributed by atoms with Crippen LogP contribution in [0.5, 0.6) is 0 Å². The number of carbonyl (C=O) groups excluding carboxylic acids is 1. The summed E-state index contributed by atoms with van der Waals surface area (Å²) in [5, 5.41) is 15.8. The third-order valence-corrected chi connectivity index (χ3v) is 3.35. The molecular formula is C15H17N3O3. The van der Waals surface area contributed by atoms with E-state index in [1.807, 2.05) is 14.0 Å². The lowest BCUT2D eigenvalue weighted by Gasteiger charge is -2.06. The van der Waals surface area contributed by atoms with Gasteiger partial charge in [0.1, 0.15) is 0 Å². The molecule has 0 unspecified atom stereocenters. The second-order valence-electron chi connectivity index (χ2n) is 4.84. The Balaban J connectivity index is 1.94. The van der Waals surface area contributed by atoms with Crippen LogP contribution < -0.4 is 5.32 Å². The molecule has 0 spiro atoms. The van der Waals surface area contributed by atoms with Gasteiger partial charge in [-0.1, -0.05) is 12.1 Å². The Morgan fingerprint density at radius 1 is 1.38 bits per heavy atom. The molecule has 2 rings (SSSR count). The summed E-state index contributed by atoms with van der Waals surface area (Å²) in [6.07, 6.45) is 1.88. The minimum atomic E-state index is -0.997. The minimum absolute atomic E-state index is 0.152. The maximum atomic E-state index is 11.9. The Morgan fingerprint density at radius 2 is 2.14 bits per heavy atom. The van der Waals surface area contributed by atoms with Gasteiger partial charge in [0.2, 0.25) is 5.91 Å². The van der Waals surface area contributed by atoms with E-state index in [1.54, 1.807) is 23.0 Å². The van der Waals surface area contributed by atoms with Crippen molar-refractivity contribution in [3.63, 3.8) is 0 Å². The summed E-state index contributed by atoms with van der Waals surface area (Å²) < 4.78 is 1.75. The van der Waals surface area contributed by atoms with E-state index in [-0.39, 0.29) is 17.9 Å². The molecule has 1 aromatic heterocycles. The van der Waals surface area contributed by atoms with Gasteiger partial charge < -0.3 is 10.4 Å². The highest BCUT2D eigenvalue weighted by atomic mass is 16.4. The number of hydrogen-bond acceptors (Lipinski definition) is 3. The fourth-order valence-electron chi connectivity index (χ4n) is 1.97. The fourth-order valence-corrected chi connectivity index (χ4v) is 1.97. The maximum absolute atomic E-state index is 11.9. The Labute approximate surface area is 122 Å². The summed E-state index contributed by atoms with van der Waals surface area (Å²) in [6, 6.07) is 6.39. The zero-order valence-electron chi connectivity index (χ0n) is 12.0. The molecule has 0 aliphatic rings. The molecule has 21 heavy (non-hydrogen) atoms. The van der Waals surface area contributed by atoms with E-state index < -0.39 is 5.97 Å². The van der Waals surface area contributed by atoms with E-state index in [0.717, 1.165) is 11.3 Å². The Morgan fingerprint density at radius 3 is 2.76 bits per heavy atom. The lowest BCUT2D eigenvalue weighted by atomic mass is 10.1. The third-order valence-electron chi connectivity index (χ3n) is 3.35. The average molecular weight is 287 g/mol. The Hall–Kier alpha value is -2.63. The molecule has 0 radical (unpaired) electrons. The molecule has 0 aliphatic carbocycles. The van der Waals surface area contributed by atoms with Crippen molar-refractivity contribution >= 4 is 11.9 Å². The molecule has 0 aliphatic heterocycles. The van der Waals surface area contributed by atoms with Crippen LogP contribution in [-0.4, -0.2) is 26.8 Å². The molecule has 0 atom stereocenters. The summed E-state index contributed by atoms with van der Waals surface area (Å²) in [5.74, 6) is -1.15. The number of nitrogens with one attached hydrogen (secondary N) is 1. The Bertz CT molecular complexity index is 677. The first kappa shape index (κ1) is 14.8. The number of hydrogen-bond donors (Lipinski definition) is 2. The second kappa shape index (κ2) is 6.21. The van der Waals surface area contributed by atoms with Gasteiger partial charge in [-0.15, -0.1) is 0 Å². The van der Waals surface area contributed by atoms with Crippen LogP contribution >= 0.6 is 0 Å². The Kier molecular flexibility index (Phi) is 4.37. The van der Waals surface area contributed by atoms with Crippen molar-refractivity contribution in [1.82, 2.24) is 15.1 Å². The molecule has 110 valence electrons. The van der Waals surface area contributed by atoms with Crippen molar-refractivity contribution in [2.75, 3.05) is 0 Å². The van der Waals surface area contributed by atoms with Gasteiger partial charge in [0.25, 0.3) is 0 Å². The van der Waals surface area contributed by atoms with Gasteiger partial charge in [-0.3, -0.25) is 9.48 Å². The van der Waals surface area contributed by atoms with E-state index in [1.165, 1.54) is 12.1 Å². The quantitative estimate of drug-likeness (QED) is 0.867. The number of nitrogens with zero attached hydrogens (tertiary/aromatic N) is 2. The summed E-state index contributed by atoms with van der Waals surface area (Å²) in [7, 11) is 1.85. The van der Waals surface area contributed by atoms with E-state index in [9.17, 15) is 9.59 Å². The summed E-state index contributed by atoms with van der Waals surface area (Å²) in [4.78, 5) is 22.8. The largest absolute Gasteiger partial charge is 0.478 e. The van der Waals surface area contributed by atoms with Gasteiger partial charge in [-0.05, 0) is 24.6 Å². The molecule has 1 amide bonds. The first-order valence-corrected chi connectivity index (χ1v) is 6.54. The fraction of sp³-hybridized carbons (Fsp3) is 0.267. The molecule has 6 heteroatoms. The zero-order valence-corrected chi connectivity index (χ0v) is 12.0. The third kappa shape index (κ3) is 3.68. The maximum Gasteiger partial charge on any atom is 0.335 e. The van der Waals surface area contributed by atoms with Crippen LogP contribution in [0.25, 0.3) is 0 Å². The molecule has 2 N–H and O–H groups in total. The number of carboxylic acid groups (broad SMARTS) is 1. The van der Waals surface area contributed by atoms with Crippen LogP contribution in [-0.2, 0) is 24.8 Å². The van der Waals surface area contributed by atoms with Crippen LogP contribution in [0.2, 0.25) is 0 Å². The van der Waals surface area contributed by atoms with E-state index >= 15 is 0 Å². The second-order valence-corrected chi connectivity index (χ2v) is 4.84. The first-order valence-electron chi connectivity index (χ1n) is 6.54. The summed E-state index contributed by atoms with van der Waals surface area (Å²) >= 11 is 0. The summed E-state index contributed by atoms with van der Waals surface area (Å²) in [5.41, 5.74) is 2.83. The molecular weight excluding hydrogens is 270 g/mol. The molecule has 1 heterocycles. The molecule has 0 fully saturated rings. The van der Waals surface area contributed by atoms with Crippen LogP contribution in [0.15, 0.2) is 30.5 Å². The highest BCUT2D eigenvalue weighted by molar-refractivity contribution is 5.88. The SMILES string of the molecule is Cc1c(CNC(=O)Cc2cccc(C(=O)O)c2)cnn1C. The zero-order chi connectivity index (χ0) is 15.4. The highest BCUT2D eigenvalue weighted by Gasteiger charge is 2.09. The van der Waals surface area contributed by atoms with Gasteiger partial charge >= 0.3 is 5.97 Å². The molecule has 0 bridgehead atoms. The molecule has 1 aromatic carbocycles. The van der Waals surface area contributed by atoms with Gasteiger partial charge in [0.05, 0.1) is 18.2 Å². The molecule has 0 saturated carbocycles. The van der Waals surface area contributed by atoms with Gasteiger partial charge in [0.15, 0.2) is 0 Å². The normalized spacial score (nSPS) is 10.4. The number of carboxylic acids is 1. The lowest BCUT2D eigenvalue weighted by molar-refractivity contribution is -0.120. The number of amides is 1. The smallest absolute Gasteiger partial charge is 0.335 e. The van der Waals surface area contributed by atoms with Crippen LogP contribution in [0.1, 0.15) is 27.2 Å². The first-order chi connectivity index (χ1) is 9.97. The predicted molar refractivity (Wildman–Crippen MR) is 76.9 cm³/mol. The van der Waals surface area contributed by atoms with Crippen molar-refractivity contribution in [1.29, 1.82) is 0 Å². The van der Waals surface area contributed by atoms with Gasteiger partial charge in [-0.25, -0.2) is 4.79 Å². The van der Waals surface area contributed by atoms with Crippen molar-refractivity contribution in [2.45, 2.75) is 19.9 Å². The van der Waals surface area contributed by atoms with E-state index in [2.05, 4.69) is 10.4 Å². The summed E-state index contributed by atoms with van der Waals surface area (Å²) in [6.45, 7) is 2.35. The number of aromatic carboxylic acids is 1.